The van der Waals surface area contributed by atoms with Crippen molar-refractivity contribution in [2.45, 2.75) is 51.4 Å². The summed E-state index contributed by atoms with van der Waals surface area (Å²) in [7, 11) is 1.32. The van der Waals surface area contributed by atoms with Crippen molar-refractivity contribution in [3.8, 4) is 0 Å². The minimum Gasteiger partial charge on any atom is -0.469 e. The van der Waals surface area contributed by atoms with Crippen molar-refractivity contribution in [3.63, 3.8) is 0 Å². The predicted octanol–water partition coefficient (Wildman–Crippen LogP) is 1.22. The van der Waals surface area contributed by atoms with E-state index in [-0.39, 0.29) is 41.6 Å². The van der Waals surface area contributed by atoms with Gasteiger partial charge in [0, 0.05) is 11.8 Å². The molecule has 2 unspecified atom stereocenters. The van der Waals surface area contributed by atoms with Crippen LogP contribution in [0.4, 0.5) is 0 Å². The maximum absolute atomic E-state index is 12.3. The van der Waals surface area contributed by atoms with Crippen LogP contribution in [-0.2, 0) is 19.1 Å². The van der Waals surface area contributed by atoms with Crippen molar-refractivity contribution in [1.82, 2.24) is 10.5 Å². The molecule has 9 nitrogen and oxygen atoms in total. The summed E-state index contributed by atoms with van der Waals surface area (Å²) in [6.45, 7) is 5.23. The third-order valence-electron chi connectivity index (χ3n) is 3.69. The molecule has 2 heterocycles. The van der Waals surface area contributed by atoms with Crippen molar-refractivity contribution >= 4 is 17.8 Å². The zero-order valence-corrected chi connectivity index (χ0v) is 15.3. The number of nitrogen functional groups attached to an aromatic ring is 1. The van der Waals surface area contributed by atoms with Crippen LogP contribution in [0.25, 0.3) is 0 Å². The summed E-state index contributed by atoms with van der Waals surface area (Å²) in [5.74, 6) is -1.29. The molecule has 0 aliphatic carbocycles. The maximum atomic E-state index is 12.3. The molecule has 1 aromatic rings. The van der Waals surface area contributed by atoms with E-state index < -0.39 is 11.6 Å². The number of hydrogen-bond acceptors (Lipinski definition) is 8. The van der Waals surface area contributed by atoms with Crippen molar-refractivity contribution in [1.29, 1.82) is 5.41 Å². The SMILES string of the molecule is COC(=O)CC1CC(c2cnc(C(=O)OC(C)(C)C)c(C(=N)N)c2)NO1. The van der Waals surface area contributed by atoms with Crippen LogP contribution in [0.15, 0.2) is 12.3 Å². The lowest BCUT2D eigenvalue weighted by atomic mass is 10.00. The second-order valence-electron chi connectivity index (χ2n) is 7.01. The van der Waals surface area contributed by atoms with Gasteiger partial charge in [-0.2, -0.15) is 5.48 Å². The molecule has 1 fully saturated rings. The van der Waals surface area contributed by atoms with E-state index >= 15 is 0 Å². The van der Waals surface area contributed by atoms with Gasteiger partial charge in [-0.15, -0.1) is 0 Å². The standard InChI is InChI=1S/C17H24N4O5/c1-17(2,3)25-16(23)14-11(15(18)19)5-9(8-20-14)12-6-10(26-21-12)7-13(22)24-4/h5,8,10,12,21H,6-7H2,1-4H3,(H3,18,19). The first-order valence-electron chi connectivity index (χ1n) is 8.16. The van der Waals surface area contributed by atoms with Gasteiger partial charge < -0.3 is 15.2 Å². The van der Waals surface area contributed by atoms with Gasteiger partial charge in [0.05, 0.1) is 25.7 Å². The summed E-state index contributed by atoms with van der Waals surface area (Å²) in [6, 6.07) is 1.36. The van der Waals surface area contributed by atoms with Crippen LogP contribution in [0.5, 0.6) is 0 Å². The highest BCUT2D eigenvalue weighted by atomic mass is 16.7. The molecule has 1 aliphatic rings. The lowest BCUT2D eigenvalue weighted by Gasteiger charge is -2.20. The highest BCUT2D eigenvalue weighted by Gasteiger charge is 2.30. The van der Waals surface area contributed by atoms with Crippen molar-refractivity contribution < 1.29 is 23.9 Å². The van der Waals surface area contributed by atoms with Gasteiger partial charge in [0.25, 0.3) is 0 Å². The molecular formula is C17H24N4O5. The molecule has 0 bridgehead atoms. The monoisotopic (exact) mass is 364 g/mol. The first-order valence-corrected chi connectivity index (χ1v) is 8.16. The zero-order chi connectivity index (χ0) is 19.5. The summed E-state index contributed by atoms with van der Waals surface area (Å²) in [6.07, 6.45) is 1.81. The smallest absolute Gasteiger partial charge is 0.358 e. The lowest BCUT2D eigenvalue weighted by molar-refractivity contribution is -0.143. The number of carbonyl (C=O) groups is 2. The molecule has 1 aliphatic heterocycles. The highest BCUT2D eigenvalue weighted by Crippen LogP contribution is 2.28. The van der Waals surface area contributed by atoms with E-state index in [0.717, 1.165) is 0 Å². The molecular weight excluding hydrogens is 340 g/mol. The van der Waals surface area contributed by atoms with Gasteiger partial charge in [0.1, 0.15) is 11.4 Å². The van der Waals surface area contributed by atoms with Gasteiger partial charge in [-0.1, -0.05) is 0 Å². The Morgan fingerprint density at radius 3 is 2.73 bits per heavy atom. The van der Waals surface area contributed by atoms with Gasteiger partial charge in [0.15, 0.2) is 5.69 Å². The number of carbonyl (C=O) groups excluding carboxylic acids is 2. The van der Waals surface area contributed by atoms with Gasteiger partial charge in [-0.3, -0.25) is 15.0 Å². The molecule has 9 heteroatoms. The fourth-order valence-corrected chi connectivity index (χ4v) is 2.50. The Hall–Kier alpha value is -2.52. The number of nitrogens with zero attached hydrogens (tertiary/aromatic N) is 1. The number of ether oxygens (including phenoxy) is 2. The fourth-order valence-electron chi connectivity index (χ4n) is 2.50. The largest absolute Gasteiger partial charge is 0.469 e. The number of methoxy groups -OCH3 is 1. The minimum atomic E-state index is -0.687. The molecule has 0 radical (unpaired) electrons. The summed E-state index contributed by atoms with van der Waals surface area (Å²) in [4.78, 5) is 33.2. The average Bonchev–Trinajstić information content (AvgIpc) is 3.00. The van der Waals surface area contributed by atoms with Crippen LogP contribution in [0.3, 0.4) is 0 Å². The van der Waals surface area contributed by atoms with E-state index in [1.165, 1.54) is 13.3 Å². The first-order chi connectivity index (χ1) is 12.1. The average molecular weight is 364 g/mol. The Morgan fingerprint density at radius 1 is 1.46 bits per heavy atom. The third kappa shape index (κ3) is 4.99. The molecule has 142 valence electrons. The highest BCUT2D eigenvalue weighted by molar-refractivity contribution is 6.04. The van der Waals surface area contributed by atoms with Crippen LogP contribution in [0.2, 0.25) is 0 Å². The molecule has 4 N–H and O–H groups in total. The van der Waals surface area contributed by atoms with E-state index in [4.69, 9.17) is 20.7 Å². The molecule has 2 atom stereocenters. The molecule has 26 heavy (non-hydrogen) atoms. The van der Waals surface area contributed by atoms with Crippen LogP contribution in [0.1, 0.15) is 61.3 Å². The maximum Gasteiger partial charge on any atom is 0.358 e. The van der Waals surface area contributed by atoms with E-state index in [1.54, 1.807) is 26.8 Å². The molecule has 0 amide bonds. The quantitative estimate of drug-likeness (QED) is 0.403. The van der Waals surface area contributed by atoms with Crippen molar-refractivity contribution in [2.24, 2.45) is 5.73 Å². The molecule has 0 spiro atoms. The molecule has 1 saturated heterocycles. The molecule has 1 aromatic heterocycles. The van der Waals surface area contributed by atoms with Gasteiger partial charge in [-0.05, 0) is 38.8 Å². The summed E-state index contributed by atoms with van der Waals surface area (Å²) >= 11 is 0. The normalized spacial score (nSPS) is 19.8. The fraction of sp³-hybridized carbons (Fsp3) is 0.529. The van der Waals surface area contributed by atoms with Crippen LogP contribution < -0.4 is 11.2 Å². The number of nitrogens with two attached hydrogens (primary N) is 1. The Balaban J connectivity index is 2.20. The Labute approximate surface area is 151 Å². The van der Waals surface area contributed by atoms with Gasteiger partial charge in [-0.25, -0.2) is 9.78 Å². The number of rotatable bonds is 5. The Bertz CT molecular complexity index is 714. The van der Waals surface area contributed by atoms with Crippen molar-refractivity contribution in [3.05, 3.63) is 29.1 Å². The number of nitrogens with one attached hydrogen (secondary N) is 2. The number of hydroxylamine groups is 1. The Morgan fingerprint density at radius 2 is 2.15 bits per heavy atom. The van der Waals surface area contributed by atoms with E-state index in [0.29, 0.717) is 12.0 Å². The second kappa shape index (κ2) is 7.79. The summed E-state index contributed by atoms with van der Waals surface area (Å²) < 4.78 is 9.94. The number of pyridine rings is 1. The molecule has 2 rings (SSSR count). The number of esters is 2. The number of hydrogen-bond donors (Lipinski definition) is 3. The topological polar surface area (TPSA) is 137 Å². The molecule has 0 saturated carbocycles. The second-order valence-corrected chi connectivity index (χ2v) is 7.01. The predicted molar refractivity (Wildman–Crippen MR) is 92.4 cm³/mol. The van der Waals surface area contributed by atoms with Crippen LogP contribution in [-0.4, -0.2) is 41.6 Å². The summed E-state index contributed by atoms with van der Waals surface area (Å²) in [5.41, 5.74) is 8.63. The van der Waals surface area contributed by atoms with E-state index in [9.17, 15) is 9.59 Å². The van der Waals surface area contributed by atoms with E-state index in [2.05, 4.69) is 15.2 Å². The third-order valence-corrected chi connectivity index (χ3v) is 3.69. The van der Waals surface area contributed by atoms with E-state index in [1.807, 2.05) is 0 Å². The van der Waals surface area contributed by atoms with Crippen LogP contribution in [0, 0.1) is 5.41 Å². The summed E-state index contributed by atoms with van der Waals surface area (Å²) in [5, 5.41) is 7.74. The van der Waals surface area contributed by atoms with Crippen LogP contribution >= 0.6 is 0 Å². The van der Waals surface area contributed by atoms with Gasteiger partial charge in [0.2, 0.25) is 0 Å². The Kier molecular flexibility index (Phi) is 5.94. The first kappa shape index (κ1) is 19.8. The lowest BCUT2D eigenvalue weighted by Crippen LogP contribution is -2.27. The number of amidine groups is 1. The van der Waals surface area contributed by atoms with Gasteiger partial charge >= 0.3 is 11.9 Å². The van der Waals surface area contributed by atoms with Crippen molar-refractivity contribution in [2.75, 3.05) is 7.11 Å². The number of aromatic nitrogens is 1. The molecule has 0 aromatic carbocycles. The zero-order valence-electron chi connectivity index (χ0n) is 15.3. The minimum absolute atomic E-state index is 0.0128.